The highest BCUT2D eigenvalue weighted by Gasteiger charge is 2.16. The minimum absolute atomic E-state index is 0.106. The van der Waals surface area contributed by atoms with Gasteiger partial charge in [0.25, 0.3) is 0 Å². The highest BCUT2D eigenvalue weighted by molar-refractivity contribution is 9.10. The summed E-state index contributed by atoms with van der Waals surface area (Å²) >= 11 is 3.42. The predicted octanol–water partition coefficient (Wildman–Crippen LogP) is 2.36. The van der Waals surface area contributed by atoms with Crippen LogP contribution in [0, 0.1) is 0 Å². The Bertz CT molecular complexity index is 368. The van der Waals surface area contributed by atoms with Crippen LogP contribution in [0.15, 0.2) is 28.7 Å². The van der Waals surface area contributed by atoms with Crippen molar-refractivity contribution in [1.29, 1.82) is 0 Å². The second-order valence-electron chi connectivity index (χ2n) is 3.81. The number of carbonyl (C=O) groups excluding carboxylic acids is 1. The zero-order valence-electron chi connectivity index (χ0n) is 9.53. The Hall–Kier alpha value is -0.870. The van der Waals surface area contributed by atoms with E-state index in [0.29, 0.717) is 6.42 Å². The van der Waals surface area contributed by atoms with Gasteiger partial charge in [-0.05, 0) is 31.0 Å². The molecule has 0 aliphatic rings. The molecular formula is C12H17BrN2O. The first-order chi connectivity index (χ1) is 7.54. The monoisotopic (exact) mass is 284 g/mol. The molecule has 2 atom stereocenters. The highest BCUT2D eigenvalue weighted by Crippen LogP contribution is 2.18. The molecule has 0 fully saturated rings. The lowest BCUT2D eigenvalue weighted by Crippen LogP contribution is -2.41. The Labute approximate surface area is 105 Å². The second-order valence-corrected chi connectivity index (χ2v) is 4.72. The molecule has 1 rings (SSSR count). The summed E-state index contributed by atoms with van der Waals surface area (Å²) in [5, 5.41) is 3.21. The van der Waals surface area contributed by atoms with Gasteiger partial charge in [0.15, 0.2) is 0 Å². The summed E-state index contributed by atoms with van der Waals surface area (Å²) in [6.45, 7) is 3.96. The van der Waals surface area contributed by atoms with Gasteiger partial charge in [0, 0.05) is 10.5 Å². The van der Waals surface area contributed by atoms with E-state index in [1.165, 1.54) is 0 Å². The molecule has 0 aromatic heterocycles. The fraction of sp³-hybridized carbons (Fsp3) is 0.417. The van der Waals surface area contributed by atoms with E-state index in [9.17, 15) is 4.79 Å². The van der Waals surface area contributed by atoms with Crippen molar-refractivity contribution in [3.05, 3.63) is 34.3 Å². The summed E-state index contributed by atoms with van der Waals surface area (Å²) in [4.78, 5) is 11.1. The smallest absolute Gasteiger partial charge is 0.234 e. The van der Waals surface area contributed by atoms with E-state index < -0.39 is 0 Å². The maximum Gasteiger partial charge on any atom is 0.234 e. The molecule has 0 bridgehead atoms. The third-order valence-corrected chi connectivity index (χ3v) is 3.04. The average molecular weight is 285 g/mol. The van der Waals surface area contributed by atoms with Gasteiger partial charge in [0.2, 0.25) is 5.91 Å². The zero-order valence-corrected chi connectivity index (χ0v) is 11.1. The molecule has 0 aliphatic heterocycles. The molecule has 1 amide bonds. The van der Waals surface area contributed by atoms with Crippen LogP contribution >= 0.6 is 15.9 Å². The summed E-state index contributed by atoms with van der Waals surface area (Å²) in [6.07, 6.45) is 0.702. The van der Waals surface area contributed by atoms with Gasteiger partial charge in [-0.25, -0.2) is 0 Å². The Morgan fingerprint density at radius 2 is 2.25 bits per heavy atom. The minimum Gasteiger partial charge on any atom is -0.368 e. The minimum atomic E-state index is -0.302. The summed E-state index contributed by atoms with van der Waals surface area (Å²) in [5.41, 5.74) is 6.43. The Morgan fingerprint density at radius 1 is 1.56 bits per heavy atom. The van der Waals surface area contributed by atoms with Crippen molar-refractivity contribution in [3.8, 4) is 0 Å². The van der Waals surface area contributed by atoms with Gasteiger partial charge in [-0.1, -0.05) is 35.0 Å². The lowest BCUT2D eigenvalue weighted by Gasteiger charge is -2.20. The molecule has 3 N–H and O–H groups in total. The topological polar surface area (TPSA) is 55.1 Å². The SMILES string of the molecule is CCC(NC(C)c1cccc(Br)c1)C(N)=O. The second kappa shape index (κ2) is 6.01. The van der Waals surface area contributed by atoms with Gasteiger partial charge in [-0.2, -0.15) is 0 Å². The lowest BCUT2D eigenvalue weighted by molar-refractivity contribution is -0.120. The predicted molar refractivity (Wildman–Crippen MR) is 69.0 cm³/mol. The number of hydrogen-bond donors (Lipinski definition) is 2. The normalized spacial score (nSPS) is 14.4. The molecule has 1 aromatic rings. The van der Waals surface area contributed by atoms with Gasteiger partial charge in [-0.3, -0.25) is 10.1 Å². The Balaban J connectivity index is 2.71. The molecule has 88 valence electrons. The van der Waals surface area contributed by atoms with Gasteiger partial charge >= 0.3 is 0 Å². The molecule has 0 heterocycles. The van der Waals surface area contributed by atoms with E-state index in [-0.39, 0.29) is 18.0 Å². The molecule has 0 radical (unpaired) electrons. The number of carbonyl (C=O) groups is 1. The van der Waals surface area contributed by atoms with Crippen molar-refractivity contribution in [2.24, 2.45) is 5.73 Å². The van der Waals surface area contributed by atoms with Crippen LogP contribution in [-0.4, -0.2) is 11.9 Å². The largest absolute Gasteiger partial charge is 0.368 e. The van der Waals surface area contributed by atoms with Crippen LogP contribution in [0.4, 0.5) is 0 Å². The maximum absolute atomic E-state index is 11.1. The first-order valence-corrected chi connectivity index (χ1v) is 6.14. The quantitative estimate of drug-likeness (QED) is 0.872. The van der Waals surface area contributed by atoms with Crippen LogP contribution in [0.1, 0.15) is 31.9 Å². The fourth-order valence-electron chi connectivity index (χ4n) is 1.58. The third kappa shape index (κ3) is 3.61. The zero-order chi connectivity index (χ0) is 12.1. The van der Waals surface area contributed by atoms with E-state index in [4.69, 9.17) is 5.73 Å². The molecule has 16 heavy (non-hydrogen) atoms. The number of rotatable bonds is 5. The van der Waals surface area contributed by atoms with Crippen LogP contribution < -0.4 is 11.1 Å². The molecule has 4 heteroatoms. The molecule has 0 saturated carbocycles. The molecule has 0 saturated heterocycles. The van der Waals surface area contributed by atoms with Crippen molar-refractivity contribution in [1.82, 2.24) is 5.32 Å². The van der Waals surface area contributed by atoms with Gasteiger partial charge in [0.05, 0.1) is 6.04 Å². The van der Waals surface area contributed by atoms with Crippen molar-refractivity contribution >= 4 is 21.8 Å². The van der Waals surface area contributed by atoms with Crippen LogP contribution in [-0.2, 0) is 4.79 Å². The first kappa shape index (κ1) is 13.2. The lowest BCUT2D eigenvalue weighted by atomic mass is 10.1. The standard InChI is InChI=1S/C12H17BrN2O/c1-3-11(12(14)16)15-8(2)9-5-4-6-10(13)7-9/h4-8,11,15H,3H2,1-2H3,(H2,14,16). The molecule has 0 spiro atoms. The van der Waals surface area contributed by atoms with Gasteiger partial charge in [-0.15, -0.1) is 0 Å². The number of amides is 1. The van der Waals surface area contributed by atoms with Crippen molar-refractivity contribution in [2.75, 3.05) is 0 Å². The molecule has 2 unspecified atom stereocenters. The Kier molecular flexibility index (Phi) is 4.96. The third-order valence-electron chi connectivity index (χ3n) is 2.55. The van der Waals surface area contributed by atoms with Gasteiger partial charge < -0.3 is 5.73 Å². The summed E-state index contributed by atoms with van der Waals surface area (Å²) in [5.74, 6) is -0.302. The Morgan fingerprint density at radius 3 is 2.75 bits per heavy atom. The first-order valence-electron chi connectivity index (χ1n) is 5.35. The van der Waals surface area contributed by atoms with Gasteiger partial charge in [0.1, 0.15) is 0 Å². The van der Waals surface area contributed by atoms with Crippen LogP contribution in [0.2, 0.25) is 0 Å². The maximum atomic E-state index is 11.1. The number of hydrogen-bond acceptors (Lipinski definition) is 2. The molecule has 1 aromatic carbocycles. The molecular weight excluding hydrogens is 268 g/mol. The number of primary amides is 1. The van der Waals surface area contributed by atoms with E-state index in [1.807, 2.05) is 38.1 Å². The van der Waals surface area contributed by atoms with E-state index in [0.717, 1.165) is 10.0 Å². The summed E-state index contributed by atoms with van der Waals surface area (Å²) in [7, 11) is 0. The fourth-order valence-corrected chi connectivity index (χ4v) is 1.99. The van der Waals surface area contributed by atoms with Crippen LogP contribution in [0.5, 0.6) is 0 Å². The van der Waals surface area contributed by atoms with Crippen LogP contribution in [0.3, 0.4) is 0 Å². The number of nitrogens with two attached hydrogens (primary N) is 1. The van der Waals surface area contributed by atoms with Crippen molar-refractivity contribution in [2.45, 2.75) is 32.4 Å². The van der Waals surface area contributed by atoms with Crippen molar-refractivity contribution < 1.29 is 4.79 Å². The van der Waals surface area contributed by atoms with Crippen LogP contribution in [0.25, 0.3) is 0 Å². The number of benzene rings is 1. The van der Waals surface area contributed by atoms with E-state index in [2.05, 4.69) is 21.2 Å². The number of halogens is 1. The average Bonchev–Trinajstić information content (AvgIpc) is 2.25. The number of nitrogens with one attached hydrogen (secondary N) is 1. The van der Waals surface area contributed by atoms with E-state index in [1.54, 1.807) is 0 Å². The molecule has 3 nitrogen and oxygen atoms in total. The van der Waals surface area contributed by atoms with Crippen molar-refractivity contribution in [3.63, 3.8) is 0 Å². The van der Waals surface area contributed by atoms with E-state index >= 15 is 0 Å². The summed E-state index contributed by atoms with van der Waals surface area (Å²) < 4.78 is 1.03. The molecule has 0 aliphatic carbocycles. The summed E-state index contributed by atoms with van der Waals surface area (Å²) in [6, 6.07) is 7.84. The highest BCUT2D eigenvalue weighted by atomic mass is 79.9.